The van der Waals surface area contributed by atoms with Gasteiger partial charge < -0.3 is 14.8 Å². The smallest absolute Gasteiger partial charge is 0.162 e. The molecule has 0 spiro atoms. The SMILES string of the molecule is CCCOC1C(NCC)CC1Oc1ccc(F)c(F)c1. The fourth-order valence-electron chi connectivity index (χ4n) is 2.36. The number of hydrogen-bond acceptors (Lipinski definition) is 3. The zero-order valence-electron chi connectivity index (χ0n) is 11.9. The Morgan fingerprint density at radius 2 is 2.05 bits per heavy atom. The van der Waals surface area contributed by atoms with Gasteiger partial charge in [0.1, 0.15) is 18.0 Å². The zero-order valence-corrected chi connectivity index (χ0v) is 11.9. The molecule has 0 amide bonds. The third kappa shape index (κ3) is 3.46. The Kier molecular flexibility index (Phi) is 5.31. The Bertz CT molecular complexity index is 442. The predicted octanol–water partition coefficient (Wildman–Crippen LogP) is 2.89. The van der Waals surface area contributed by atoms with Crippen molar-refractivity contribution in [2.75, 3.05) is 13.2 Å². The molecule has 20 heavy (non-hydrogen) atoms. The Labute approximate surface area is 118 Å². The quantitative estimate of drug-likeness (QED) is 0.835. The average molecular weight is 285 g/mol. The summed E-state index contributed by atoms with van der Waals surface area (Å²) >= 11 is 0. The largest absolute Gasteiger partial charge is 0.487 e. The molecule has 0 saturated heterocycles. The van der Waals surface area contributed by atoms with Gasteiger partial charge in [-0.05, 0) is 25.1 Å². The maximum Gasteiger partial charge on any atom is 0.162 e. The summed E-state index contributed by atoms with van der Waals surface area (Å²) in [6, 6.07) is 3.86. The molecule has 0 heterocycles. The second-order valence-corrected chi connectivity index (χ2v) is 4.97. The Balaban J connectivity index is 1.95. The highest BCUT2D eigenvalue weighted by Gasteiger charge is 2.43. The van der Waals surface area contributed by atoms with Crippen LogP contribution in [0, 0.1) is 11.6 Å². The van der Waals surface area contributed by atoms with E-state index in [-0.39, 0.29) is 18.2 Å². The van der Waals surface area contributed by atoms with Crippen LogP contribution in [0.15, 0.2) is 18.2 Å². The number of halogens is 2. The minimum atomic E-state index is -0.893. The lowest BCUT2D eigenvalue weighted by atomic mass is 9.85. The van der Waals surface area contributed by atoms with Crippen molar-refractivity contribution in [2.24, 2.45) is 0 Å². The summed E-state index contributed by atoms with van der Waals surface area (Å²) in [5.74, 6) is -1.42. The maximum atomic E-state index is 13.2. The lowest BCUT2D eigenvalue weighted by Gasteiger charge is -2.44. The molecule has 1 aromatic rings. The van der Waals surface area contributed by atoms with Crippen LogP contribution in [0.2, 0.25) is 0 Å². The summed E-state index contributed by atoms with van der Waals surface area (Å²) in [4.78, 5) is 0. The van der Waals surface area contributed by atoms with Gasteiger partial charge in [-0.25, -0.2) is 8.78 Å². The lowest BCUT2D eigenvalue weighted by Crippen LogP contribution is -2.61. The van der Waals surface area contributed by atoms with Gasteiger partial charge in [0, 0.05) is 25.1 Å². The van der Waals surface area contributed by atoms with Crippen molar-refractivity contribution >= 4 is 0 Å². The molecular formula is C15H21F2NO2. The topological polar surface area (TPSA) is 30.5 Å². The first-order valence-corrected chi connectivity index (χ1v) is 7.12. The first-order valence-electron chi connectivity index (χ1n) is 7.12. The normalized spacial score (nSPS) is 25.3. The van der Waals surface area contributed by atoms with E-state index in [1.165, 1.54) is 6.07 Å². The van der Waals surface area contributed by atoms with E-state index < -0.39 is 11.6 Å². The van der Waals surface area contributed by atoms with Crippen LogP contribution >= 0.6 is 0 Å². The van der Waals surface area contributed by atoms with E-state index in [0.29, 0.717) is 12.4 Å². The van der Waals surface area contributed by atoms with Crippen molar-refractivity contribution in [3.05, 3.63) is 29.8 Å². The van der Waals surface area contributed by atoms with Gasteiger partial charge in [0.15, 0.2) is 11.6 Å². The van der Waals surface area contributed by atoms with E-state index in [1.807, 2.05) is 13.8 Å². The van der Waals surface area contributed by atoms with E-state index in [4.69, 9.17) is 9.47 Å². The fourth-order valence-corrected chi connectivity index (χ4v) is 2.36. The number of benzene rings is 1. The Morgan fingerprint density at radius 1 is 1.25 bits per heavy atom. The van der Waals surface area contributed by atoms with Crippen LogP contribution in [0.1, 0.15) is 26.7 Å². The summed E-state index contributed by atoms with van der Waals surface area (Å²) in [7, 11) is 0. The van der Waals surface area contributed by atoms with Crippen LogP contribution in [0.5, 0.6) is 5.75 Å². The van der Waals surface area contributed by atoms with E-state index in [2.05, 4.69) is 5.32 Å². The molecule has 3 atom stereocenters. The predicted molar refractivity (Wildman–Crippen MR) is 72.9 cm³/mol. The molecule has 1 aliphatic rings. The molecule has 0 aliphatic heterocycles. The number of ether oxygens (including phenoxy) is 2. The third-order valence-corrected chi connectivity index (χ3v) is 3.41. The van der Waals surface area contributed by atoms with Gasteiger partial charge in [-0.2, -0.15) is 0 Å². The van der Waals surface area contributed by atoms with Crippen LogP contribution in [0.3, 0.4) is 0 Å². The van der Waals surface area contributed by atoms with Crippen LogP contribution in [0.25, 0.3) is 0 Å². The highest BCUT2D eigenvalue weighted by Crippen LogP contribution is 2.30. The number of likely N-dealkylation sites (N-methyl/N-ethyl adjacent to an activating group) is 1. The van der Waals surface area contributed by atoms with E-state index in [1.54, 1.807) is 0 Å². The molecule has 3 nitrogen and oxygen atoms in total. The second-order valence-electron chi connectivity index (χ2n) is 4.97. The molecule has 1 aliphatic carbocycles. The standard InChI is InChI=1S/C15H21F2NO2/c1-3-7-19-15-13(18-4-2)9-14(15)20-10-5-6-11(16)12(17)8-10/h5-6,8,13-15,18H,3-4,7,9H2,1-2H3. The van der Waals surface area contributed by atoms with Crippen molar-refractivity contribution in [1.82, 2.24) is 5.32 Å². The maximum absolute atomic E-state index is 13.2. The number of rotatable bonds is 7. The Morgan fingerprint density at radius 3 is 2.70 bits per heavy atom. The van der Waals surface area contributed by atoms with Crippen LogP contribution < -0.4 is 10.1 Å². The van der Waals surface area contributed by atoms with E-state index in [9.17, 15) is 8.78 Å². The number of hydrogen-bond donors (Lipinski definition) is 1. The molecule has 1 aromatic carbocycles. The molecule has 112 valence electrons. The molecule has 1 N–H and O–H groups in total. The fraction of sp³-hybridized carbons (Fsp3) is 0.600. The minimum Gasteiger partial charge on any atom is -0.487 e. The van der Waals surface area contributed by atoms with Gasteiger partial charge in [0.05, 0.1) is 0 Å². The monoisotopic (exact) mass is 285 g/mol. The van der Waals surface area contributed by atoms with Crippen molar-refractivity contribution in [1.29, 1.82) is 0 Å². The van der Waals surface area contributed by atoms with Crippen LogP contribution in [0.4, 0.5) is 8.78 Å². The van der Waals surface area contributed by atoms with Gasteiger partial charge in [-0.15, -0.1) is 0 Å². The minimum absolute atomic E-state index is 0.0389. The van der Waals surface area contributed by atoms with Crippen molar-refractivity contribution < 1.29 is 18.3 Å². The average Bonchev–Trinajstić information content (AvgIpc) is 2.42. The molecule has 2 rings (SSSR count). The zero-order chi connectivity index (χ0) is 14.5. The second kappa shape index (κ2) is 6.99. The van der Waals surface area contributed by atoms with Crippen molar-refractivity contribution in [3.63, 3.8) is 0 Å². The molecule has 1 saturated carbocycles. The summed E-state index contributed by atoms with van der Waals surface area (Å²) in [5, 5.41) is 3.34. The van der Waals surface area contributed by atoms with E-state index in [0.717, 1.165) is 31.5 Å². The van der Waals surface area contributed by atoms with Gasteiger partial charge in [-0.3, -0.25) is 0 Å². The van der Waals surface area contributed by atoms with Gasteiger partial charge >= 0.3 is 0 Å². The first kappa shape index (κ1) is 15.2. The van der Waals surface area contributed by atoms with Crippen molar-refractivity contribution in [2.45, 2.75) is 44.9 Å². The molecule has 0 bridgehead atoms. The van der Waals surface area contributed by atoms with Gasteiger partial charge in [-0.1, -0.05) is 13.8 Å². The molecule has 5 heteroatoms. The molecule has 0 aromatic heterocycles. The Hall–Kier alpha value is -1.20. The lowest BCUT2D eigenvalue weighted by molar-refractivity contribution is -0.107. The van der Waals surface area contributed by atoms with Gasteiger partial charge in [0.2, 0.25) is 0 Å². The molecule has 3 unspecified atom stereocenters. The summed E-state index contributed by atoms with van der Waals surface area (Å²) in [6.07, 6.45) is 1.59. The first-order chi connectivity index (χ1) is 9.65. The molecule has 0 radical (unpaired) electrons. The van der Waals surface area contributed by atoms with Crippen LogP contribution in [-0.2, 0) is 4.74 Å². The van der Waals surface area contributed by atoms with Crippen LogP contribution in [-0.4, -0.2) is 31.4 Å². The van der Waals surface area contributed by atoms with E-state index >= 15 is 0 Å². The number of nitrogens with one attached hydrogen (secondary N) is 1. The summed E-state index contributed by atoms with van der Waals surface area (Å²) in [6.45, 7) is 5.63. The highest BCUT2D eigenvalue weighted by molar-refractivity contribution is 5.24. The van der Waals surface area contributed by atoms with Crippen molar-refractivity contribution in [3.8, 4) is 5.75 Å². The molecular weight excluding hydrogens is 264 g/mol. The summed E-state index contributed by atoms with van der Waals surface area (Å²) < 4.78 is 37.5. The van der Waals surface area contributed by atoms with Gasteiger partial charge in [0.25, 0.3) is 0 Å². The third-order valence-electron chi connectivity index (χ3n) is 3.41. The molecule has 1 fully saturated rings. The summed E-state index contributed by atoms with van der Waals surface area (Å²) in [5.41, 5.74) is 0. The highest BCUT2D eigenvalue weighted by atomic mass is 19.2.